The predicted molar refractivity (Wildman–Crippen MR) is 54.6 cm³/mol. The number of alkyl halides is 3. The van der Waals surface area contributed by atoms with Crippen LogP contribution in [0.1, 0.15) is 25.7 Å². The minimum Gasteiger partial charge on any atom is -0.296 e. The van der Waals surface area contributed by atoms with Gasteiger partial charge in [0, 0.05) is 6.54 Å². The molecule has 5 heteroatoms. The van der Waals surface area contributed by atoms with Gasteiger partial charge in [-0.15, -0.1) is 6.58 Å². The second-order valence-corrected chi connectivity index (χ2v) is 4.18. The first kappa shape index (κ1) is 13.0. The molecular weight excluding hydrogens is 217 g/mol. The number of nitrogens with zero attached hydrogens (tertiary/aromatic N) is 1. The first-order chi connectivity index (χ1) is 7.43. The zero-order chi connectivity index (χ0) is 12.2. The van der Waals surface area contributed by atoms with Crippen molar-refractivity contribution in [3.05, 3.63) is 12.7 Å². The summed E-state index contributed by atoms with van der Waals surface area (Å²) in [5.41, 5.74) is -0.796. The minimum atomic E-state index is -4.12. The van der Waals surface area contributed by atoms with Gasteiger partial charge in [0.15, 0.2) is 0 Å². The van der Waals surface area contributed by atoms with Crippen molar-refractivity contribution in [1.82, 2.24) is 5.32 Å². The first-order valence-electron chi connectivity index (χ1n) is 5.27. The molecule has 2 nitrogen and oxygen atoms in total. The molecule has 0 aromatic carbocycles. The van der Waals surface area contributed by atoms with Gasteiger partial charge >= 0.3 is 6.18 Å². The molecule has 0 atom stereocenters. The molecule has 0 aromatic heterocycles. The largest absolute Gasteiger partial charge is 0.391 e. The van der Waals surface area contributed by atoms with Crippen molar-refractivity contribution in [3.8, 4) is 6.07 Å². The molecule has 0 radical (unpaired) electrons. The summed E-state index contributed by atoms with van der Waals surface area (Å²) in [6.45, 7) is 3.96. The molecule has 1 N–H and O–H groups in total. The Morgan fingerprint density at radius 2 is 2.00 bits per heavy atom. The normalized spacial score (nSPS) is 30.8. The highest BCUT2D eigenvalue weighted by molar-refractivity contribution is 5.10. The molecule has 1 aliphatic carbocycles. The summed E-state index contributed by atoms with van der Waals surface area (Å²) in [7, 11) is 0. The highest BCUT2D eigenvalue weighted by Gasteiger charge is 2.45. The van der Waals surface area contributed by atoms with E-state index in [0.29, 0.717) is 6.54 Å². The van der Waals surface area contributed by atoms with E-state index in [1.807, 2.05) is 0 Å². The van der Waals surface area contributed by atoms with Gasteiger partial charge in [-0.25, -0.2) is 0 Å². The van der Waals surface area contributed by atoms with Gasteiger partial charge in [-0.2, -0.15) is 18.4 Å². The smallest absolute Gasteiger partial charge is 0.296 e. The average molecular weight is 232 g/mol. The SMILES string of the molecule is C=CCNC1(C#N)CCC(C(F)(F)F)CC1. The summed E-state index contributed by atoms with van der Waals surface area (Å²) in [5, 5.41) is 12.0. The van der Waals surface area contributed by atoms with E-state index in [0.717, 1.165) is 0 Å². The molecule has 1 saturated carbocycles. The highest BCUT2D eigenvalue weighted by Crippen LogP contribution is 2.40. The van der Waals surface area contributed by atoms with Gasteiger partial charge in [0.25, 0.3) is 0 Å². The van der Waals surface area contributed by atoms with Gasteiger partial charge in [-0.1, -0.05) is 6.08 Å². The van der Waals surface area contributed by atoms with Crippen LogP contribution in [-0.2, 0) is 0 Å². The van der Waals surface area contributed by atoms with Gasteiger partial charge in [0.2, 0.25) is 0 Å². The average Bonchev–Trinajstić information content (AvgIpc) is 2.26. The van der Waals surface area contributed by atoms with Crippen LogP contribution in [-0.4, -0.2) is 18.3 Å². The van der Waals surface area contributed by atoms with E-state index in [4.69, 9.17) is 5.26 Å². The third-order valence-electron chi connectivity index (χ3n) is 3.10. The second-order valence-electron chi connectivity index (χ2n) is 4.18. The monoisotopic (exact) mass is 232 g/mol. The Morgan fingerprint density at radius 3 is 2.38 bits per heavy atom. The van der Waals surface area contributed by atoms with E-state index in [2.05, 4.69) is 18.0 Å². The molecule has 0 spiro atoms. The zero-order valence-electron chi connectivity index (χ0n) is 8.98. The number of nitriles is 1. The molecule has 0 unspecified atom stereocenters. The van der Waals surface area contributed by atoms with Crippen LogP contribution in [0, 0.1) is 17.2 Å². The predicted octanol–water partition coefficient (Wildman–Crippen LogP) is 2.78. The molecule has 0 saturated heterocycles. The summed E-state index contributed by atoms with van der Waals surface area (Å²) >= 11 is 0. The maximum atomic E-state index is 12.4. The molecule has 1 aliphatic rings. The Balaban J connectivity index is 2.58. The third kappa shape index (κ3) is 2.99. The van der Waals surface area contributed by atoms with Crippen LogP contribution >= 0.6 is 0 Å². The Hall–Kier alpha value is -1.02. The summed E-state index contributed by atoms with van der Waals surface area (Å²) in [4.78, 5) is 0. The van der Waals surface area contributed by atoms with Crippen LogP contribution < -0.4 is 5.32 Å². The maximum absolute atomic E-state index is 12.4. The summed E-state index contributed by atoms with van der Waals surface area (Å²) in [6, 6.07) is 2.10. The van der Waals surface area contributed by atoms with E-state index >= 15 is 0 Å². The standard InChI is InChI=1S/C11H15F3N2/c1-2-7-16-10(8-15)5-3-9(4-6-10)11(12,13)14/h2,9,16H,1,3-7H2. The molecule has 1 fully saturated rings. The summed E-state index contributed by atoms with van der Waals surface area (Å²) in [6.07, 6.45) is -1.96. The van der Waals surface area contributed by atoms with Gasteiger partial charge in [-0.3, -0.25) is 5.32 Å². The van der Waals surface area contributed by atoms with Gasteiger partial charge in [-0.05, 0) is 25.7 Å². The lowest BCUT2D eigenvalue weighted by Crippen LogP contribution is -2.48. The van der Waals surface area contributed by atoms with Crippen molar-refractivity contribution in [2.45, 2.75) is 37.4 Å². The first-order valence-corrected chi connectivity index (χ1v) is 5.27. The molecule has 16 heavy (non-hydrogen) atoms. The van der Waals surface area contributed by atoms with Crippen molar-refractivity contribution in [2.24, 2.45) is 5.92 Å². The maximum Gasteiger partial charge on any atom is 0.391 e. The van der Waals surface area contributed by atoms with Crippen molar-refractivity contribution in [2.75, 3.05) is 6.54 Å². The van der Waals surface area contributed by atoms with Crippen LogP contribution in [0.2, 0.25) is 0 Å². The third-order valence-corrected chi connectivity index (χ3v) is 3.10. The van der Waals surface area contributed by atoms with Crippen molar-refractivity contribution in [3.63, 3.8) is 0 Å². The Kier molecular flexibility index (Phi) is 3.98. The summed E-state index contributed by atoms with van der Waals surface area (Å²) < 4.78 is 37.3. The lowest BCUT2D eigenvalue weighted by Gasteiger charge is -2.36. The molecule has 0 aromatic rings. The number of hydrogen-bond acceptors (Lipinski definition) is 2. The molecule has 90 valence electrons. The number of hydrogen-bond donors (Lipinski definition) is 1. The van der Waals surface area contributed by atoms with Crippen LogP contribution in [0.4, 0.5) is 13.2 Å². The van der Waals surface area contributed by atoms with E-state index < -0.39 is 17.6 Å². The second kappa shape index (κ2) is 4.88. The number of halogens is 3. The zero-order valence-corrected chi connectivity index (χ0v) is 8.98. The minimum absolute atomic E-state index is 0.0290. The molecule has 0 heterocycles. The lowest BCUT2D eigenvalue weighted by atomic mass is 9.77. The van der Waals surface area contributed by atoms with Crippen LogP contribution in [0.3, 0.4) is 0 Å². The van der Waals surface area contributed by atoms with Crippen LogP contribution in [0.15, 0.2) is 12.7 Å². The summed E-state index contributed by atoms with van der Waals surface area (Å²) in [5.74, 6) is -1.25. The Morgan fingerprint density at radius 1 is 1.44 bits per heavy atom. The van der Waals surface area contributed by atoms with Gasteiger partial charge in [0.05, 0.1) is 12.0 Å². The number of rotatable bonds is 3. The van der Waals surface area contributed by atoms with E-state index in [9.17, 15) is 13.2 Å². The quantitative estimate of drug-likeness (QED) is 0.759. The highest BCUT2D eigenvalue weighted by atomic mass is 19.4. The molecular formula is C11H15F3N2. The Labute approximate surface area is 93.1 Å². The fraction of sp³-hybridized carbons (Fsp3) is 0.727. The van der Waals surface area contributed by atoms with E-state index in [1.54, 1.807) is 6.08 Å². The fourth-order valence-electron chi connectivity index (χ4n) is 2.03. The molecule has 1 rings (SSSR count). The fourth-order valence-corrected chi connectivity index (χ4v) is 2.03. The lowest BCUT2D eigenvalue weighted by molar-refractivity contribution is -0.184. The van der Waals surface area contributed by atoms with Gasteiger partial charge < -0.3 is 0 Å². The molecule has 0 amide bonds. The number of nitrogens with one attached hydrogen (secondary N) is 1. The van der Waals surface area contributed by atoms with Crippen LogP contribution in [0.5, 0.6) is 0 Å². The Bertz CT molecular complexity index is 283. The molecule has 0 bridgehead atoms. The van der Waals surface area contributed by atoms with Crippen molar-refractivity contribution in [1.29, 1.82) is 5.26 Å². The van der Waals surface area contributed by atoms with Gasteiger partial charge in [0.1, 0.15) is 5.54 Å². The topological polar surface area (TPSA) is 35.8 Å². The van der Waals surface area contributed by atoms with E-state index in [1.165, 1.54) is 0 Å². The van der Waals surface area contributed by atoms with Crippen LogP contribution in [0.25, 0.3) is 0 Å². The van der Waals surface area contributed by atoms with Crippen molar-refractivity contribution >= 4 is 0 Å². The van der Waals surface area contributed by atoms with E-state index in [-0.39, 0.29) is 25.7 Å². The molecule has 0 aliphatic heterocycles. The van der Waals surface area contributed by atoms with Crippen molar-refractivity contribution < 1.29 is 13.2 Å².